The van der Waals surface area contributed by atoms with Crippen LogP contribution in [-0.2, 0) is 11.3 Å². The summed E-state index contributed by atoms with van der Waals surface area (Å²) >= 11 is 1.74. The molecular formula is C12H20N2OS. The van der Waals surface area contributed by atoms with Crippen LogP contribution in [0.25, 0.3) is 0 Å². The predicted octanol–water partition coefficient (Wildman–Crippen LogP) is 2.36. The molecule has 0 aliphatic carbocycles. The third-order valence-electron chi connectivity index (χ3n) is 3.21. The van der Waals surface area contributed by atoms with Gasteiger partial charge in [-0.2, -0.15) is 0 Å². The topological polar surface area (TPSA) is 34.1 Å². The van der Waals surface area contributed by atoms with Crippen molar-refractivity contribution in [2.45, 2.75) is 39.3 Å². The fraction of sp³-hybridized carbons (Fsp3) is 0.750. The first-order valence-corrected chi connectivity index (χ1v) is 6.86. The van der Waals surface area contributed by atoms with Crippen LogP contribution in [-0.4, -0.2) is 24.2 Å². The molecule has 1 unspecified atom stereocenters. The zero-order valence-corrected chi connectivity index (χ0v) is 10.8. The molecule has 1 aromatic rings. The van der Waals surface area contributed by atoms with Crippen molar-refractivity contribution in [1.29, 1.82) is 0 Å². The number of rotatable bonds is 4. The second kappa shape index (κ2) is 5.75. The van der Waals surface area contributed by atoms with Crippen LogP contribution in [0, 0.1) is 12.8 Å². The summed E-state index contributed by atoms with van der Waals surface area (Å²) in [4.78, 5) is 4.46. The summed E-state index contributed by atoms with van der Waals surface area (Å²) in [6.07, 6.45) is 2.37. The fourth-order valence-corrected chi connectivity index (χ4v) is 2.84. The second-order valence-corrected chi connectivity index (χ2v) is 5.44. The Morgan fingerprint density at radius 1 is 1.56 bits per heavy atom. The first kappa shape index (κ1) is 12.0. The predicted molar refractivity (Wildman–Crippen MR) is 66.7 cm³/mol. The fourth-order valence-electron chi connectivity index (χ4n) is 2.11. The molecule has 0 spiro atoms. The summed E-state index contributed by atoms with van der Waals surface area (Å²) in [5.41, 5.74) is 1.13. The lowest BCUT2D eigenvalue weighted by molar-refractivity contribution is 0.0558. The van der Waals surface area contributed by atoms with Crippen molar-refractivity contribution in [3.8, 4) is 0 Å². The number of nitrogens with zero attached hydrogens (tertiary/aromatic N) is 1. The monoisotopic (exact) mass is 240 g/mol. The summed E-state index contributed by atoms with van der Waals surface area (Å²) in [7, 11) is 0. The van der Waals surface area contributed by atoms with E-state index in [0.29, 0.717) is 6.04 Å². The van der Waals surface area contributed by atoms with E-state index in [0.717, 1.165) is 31.4 Å². The van der Waals surface area contributed by atoms with E-state index in [1.54, 1.807) is 11.3 Å². The van der Waals surface area contributed by atoms with Crippen LogP contribution in [0.2, 0.25) is 0 Å². The van der Waals surface area contributed by atoms with Crippen molar-refractivity contribution in [2.75, 3.05) is 13.2 Å². The minimum Gasteiger partial charge on any atom is -0.381 e. The number of aryl methyl sites for hydroxylation is 1. The van der Waals surface area contributed by atoms with E-state index in [2.05, 4.69) is 22.6 Å². The highest BCUT2D eigenvalue weighted by Crippen LogP contribution is 2.19. The standard InChI is InChI=1S/C12H20N2OS/c1-9-8-16-12(14-9)7-13-10(2)11-3-5-15-6-4-11/h8,10-11,13H,3-7H2,1-2H3. The molecule has 1 aromatic heterocycles. The molecule has 1 aliphatic rings. The summed E-state index contributed by atoms with van der Waals surface area (Å²) in [6, 6.07) is 0.563. The number of nitrogens with one attached hydrogen (secondary N) is 1. The molecule has 1 aliphatic heterocycles. The van der Waals surface area contributed by atoms with Crippen molar-refractivity contribution in [2.24, 2.45) is 5.92 Å². The SMILES string of the molecule is Cc1csc(CNC(C)C2CCOCC2)n1. The molecular weight excluding hydrogens is 220 g/mol. The van der Waals surface area contributed by atoms with Crippen LogP contribution >= 0.6 is 11.3 Å². The molecule has 3 nitrogen and oxygen atoms in total. The van der Waals surface area contributed by atoms with Crippen LogP contribution in [0.3, 0.4) is 0 Å². The van der Waals surface area contributed by atoms with Gasteiger partial charge in [-0.3, -0.25) is 0 Å². The van der Waals surface area contributed by atoms with E-state index >= 15 is 0 Å². The number of hydrogen-bond donors (Lipinski definition) is 1. The molecule has 1 saturated heterocycles. The molecule has 4 heteroatoms. The highest BCUT2D eigenvalue weighted by atomic mass is 32.1. The van der Waals surface area contributed by atoms with Crippen LogP contribution in [0.4, 0.5) is 0 Å². The maximum absolute atomic E-state index is 5.38. The van der Waals surface area contributed by atoms with Gasteiger partial charge in [-0.1, -0.05) is 0 Å². The molecule has 16 heavy (non-hydrogen) atoms. The zero-order valence-electron chi connectivity index (χ0n) is 10.0. The Balaban J connectivity index is 1.76. The van der Waals surface area contributed by atoms with Gasteiger partial charge in [-0.15, -0.1) is 11.3 Å². The summed E-state index contributed by atoms with van der Waals surface area (Å²) in [5, 5.41) is 6.87. The Kier molecular flexibility index (Phi) is 4.32. The maximum atomic E-state index is 5.38. The Morgan fingerprint density at radius 3 is 2.94 bits per heavy atom. The lowest BCUT2D eigenvalue weighted by Gasteiger charge is -2.28. The van der Waals surface area contributed by atoms with Gasteiger partial charge in [0.15, 0.2) is 0 Å². The van der Waals surface area contributed by atoms with Gasteiger partial charge in [0.2, 0.25) is 0 Å². The van der Waals surface area contributed by atoms with Gasteiger partial charge < -0.3 is 10.1 Å². The third kappa shape index (κ3) is 3.27. The number of aromatic nitrogens is 1. The van der Waals surface area contributed by atoms with E-state index in [-0.39, 0.29) is 0 Å². The van der Waals surface area contributed by atoms with E-state index in [1.165, 1.54) is 17.8 Å². The molecule has 2 rings (SSSR count). The molecule has 1 atom stereocenters. The summed E-state index contributed by atoms with van der Waals surface area (Å²) in [6.45, 7) is 7.06. The molecule has 0 saturated carbocycles. The summed E-state index contributed by atoms with van der Waals surface area (Å²) in [5.74, 6) is 0.759. The zero-order chi connectivity index (χ0) is 11.4. The van der Waals surface area contributed by atoms with Gasteiger partial charge in [0.05, 0.1) is 0 Å². The van der Waals surface area contributed by atoms with E-state index in [4.69, 9.17) is 4.74 Å². The van der Waals surface area contributed by atoms with Crippen molar-refractivity contribution in [1.82, 2.24) is 10.3 Å². The largest absolute Gasteiger partial charge is 0.381 e. The van der Waals surface area contributed by atoms with Gasteiger partial charge in [0, 0.05) is 36.9 Å². The number of ether oxygens (including phenoxy) is 1. The van der Waals surface area contributed by atoms with Crippen LogP contribution in [0.15, 0.2) is 5.38 Å². The molecule has 1 N–H and O–H groups in total. The number of thiazole rings is 1. The molecule has 1 fully saturated rings. The van der Waals surface area contributed by atoms with Gasteiger partial charge in [-0.05, 0) is 32.6 Å². The van der Waals surface area contributed by atoms with Crippen molar-refractivity contribution in [3.05, 3.63) is 16.1 Å². The second-order valence-electron chi connectivity index (χ2n) is 4.50. The van der Waals surface area contributed by atoms with E-state index in [9.17, 15) is 0 Å². The lowest BCUT2D eigenvalue weighted by Crippen LogP contribution is -2.36. The molecule has 2 heterocycles. The molecule has 0 aromatic carbocycles. The minimum atomic E-state index is 0.563. The molecule has 90 valence electrons. The van der Waals surface area contributed by atoms with Gasteiger partial charge in [0.25, 0.3) is 0 Å². The Labute approximate surface area is 101 Å². The molecule has 0 bridgehead atoms. The first-order chi connectivity index (χ1) is 7.75. The van der Waals surface area contributed by atoms with E-state index in [1.807, 2.05) is 6.92 Å². The highest BCUT2D eigenvalue weighted by molar-refractivity contribution is 7.09. The Hall–Kier alpha value is -0.450. The van der Waals surface area contributed by atoms with Crippen LogP contribution < -0.4 is 5.32 Å². The average molecular weight is 240 g/mol. The van der Waals surface area contributed by atoms with Crippen molar-refractivity contribution in [3.63, 3.8) is 0 Å². The lowest BCUT2D eigenvalue weighted by atomic mass is 9.93. The van der Waals surface area contributed by atoms with Crippen molar-refractivity contribution >= 4 is 11.3 Å². The Bertz CT molecular complexity index is 321. The quantitative estimate of drug-likeness (QED) is 0.877. The molecule has 0 amide bonds. The van der Waals surface area contributed by atoms with Crippen molar-refractivity contribution < 1.29 is 4.74 Å². The highest BCUT2D eigenvalue weighted by Gasteiger charge is 2.20. The first-order valence-electron chi connectivity index (χ1n) is 5.98. The van der Waals surface area contributed by atoms with Gasteiger partial charge >= 0.3 is 0 Å². The average Bonchev–Trinajstić information content (AvgIpc) is 2.73. The van der Waals surface area contributed by atoms with Gasteiger partial charge in [-0.25, -0.2) is 4.98 Å². The summed E-state index contributed by atoms with van der Waals surface area (Å²) < 4.78 is 5.38. The minimum absolute atomic E-state index is 0.563. The van der Waals surface area contributed by atoms with E-state index < -0.39 is 0 Å². The van der Waals surface area contributed by atoms with Gasteiger partial charge in [0.1, 0.15) is 5.01 Å². The third-order valence-corrected chi connectivity index (χ3v) is 4.18. The van der Waals surface area contributed by atoms with Crippen LogP contribution in [0.1, 0.15) is 30.5 Å². The number of hydrogen-bond acceptors (Lipinski definition) is 4. The molecule has 0 radical (unpaired) electrons. The normalized spacial score (nSPS) is 19.9. The maximum Gasteiger partial charge on any atom is 0.107 e. The Morgan fingerprint density at radius 2 is 2.31 bits per heavy atom. The smallest absolute Gasteiger partial charge is 0.107 e. The van der Waals surface area contributed by atoms with Crippen LogP contribution in [0.5, 0.6) is 0 Å².